The topological polar surface area (TPSA) is 48.0 Å². The lowest BCUT2D eigenvalue weighted by Crippen LogP contribution is -2.56. The van der Waals surface area contributed by atoms with Crippen molar-refractivity contribution in [2.45, 2.75) is 32.0 Å². The summed E-state index contributed by atoms with van der Waals surface area (Å²) in [5.41, 5.74) is 0.634. The average Bonchev–Trinajstić information content (AvgIpc) is 2.46. The first-order valence-electron chi connectivity index (χ1n) is 7.51. The lowest BCUT2D eigenvalue weighted by molar-refractivity contribution is -0.168. The summed E-state index contributed by atoms with van der Waals surface area (Å²) in [6.45, 7) is 5.68. The maximum atomic E-state index is 12.6. The number of carbonyl (C=O) groups is 1. The lowest BCUT2D eigenvalue weighted by Gasteiger charge is -2.42. The van der Waals surface area contributed by atoms with E-state index in [4.69, 9.17) is 14.2 Å². The molecule has 0 saturated carbocycles. The van der Waals surface area contributed by atoms with Crippen molar-refractivity contribution in [1.29, 1.82) is 0 Å². The van der Waals surface area contributed by atoms with Gasteiger partial charge in [-0.2, -0.15) is 0 Å². The van der Waals surface area contributed by atoms with Crippen LogP contribution in [0.5, 0.6) is 5.75 Å². The molecule has 0 N–H and O–H groups in total. The molecule has 0 aromatic heterocycles. The van der Waals surface area contributed by atoms with Crippen molar-refractivity contribution in [2.24, 2.45) is 0 Å². The van der Waals surface area contributed by atoms with E-state index in [1.165, 1.54) is 0 Å². The number of ether oxygens (including phenoxy) is 3. The number of methoxy groups -OCH3 is 2. The molecule has 1 fully saturated rings. The van der Waals surface area contributed by atoms with Crippen molar-refractivity contribution in [3.8, 4) is 5.75 Å². The quantitative estimate of drug-likeness (QED) is 0.833. The second-order valence-electron chi connectivity index (χ2n) is 6.25. The number of amides is 1. The fraction of sp³-hybridized carbons (Fsp3) is 0.588. The molecule has 2 rings (SSSR count). The van der Waals surface area contributed by atoms with Crippen LogP contribution in [0.4, 0.5) is 0 Å². The summed E-state index contributed by atoms with van der Waals surface area (Å²) in [5, 5.41) is 0. The smallest absolute Gasteiger partial charge is 0.227 e. The van der Waals surface area contributed by atoms with Crippen molar-refractivity contribution >= 4 is 5.91 Å². The highest BCUT2D eigenvalue weighted by Gasteiger charge is 2.35. The third kappa shape index (κ3) is 4.45. The number of nitrogens with zero attached hydrogens (tertiary/aromatic N) is 1. The van der Waals surface area contributed by atoms with E-state index in [1.807, 2.05) is 43.0 Å². The van der Waals surface area contributed by atoms with E-state index in [1.54, 1.807) is 14.2 Å². The SMILES string of the molecule is COCC1CN(C(=O)Cc2ccc(OC)cc2)CC(C)(C)O1. The first-order valence-corrected chi connectivity index (χ1v) is 7.51. The van der Waals surface area contributed by atoms with Gasteiger partial charge in [0.15, 0.2) is 0 Å². The highest BCUT2D eigenvalue weighted by molar-refractivity contribution is 5.79. The van der Waals surface area contributed by atoms with Crippen LogP contribution in [0.15, 0.2) is 24.3 Å². The highest BCUT2D eigenvalue weighted by atomic mass is 16.5. The van der Waals surface area contributed by atoms with E-state index in [9.17, 15) is 4.79 Å². The summed E-state index contributed by atoms with van der Waals surface area (Å²) in [7, 11) is 3.28. The maximum Gasteiger partial charge on any atom is 0.227 e. The average molecular weight is 307 g/mol. The molecule has 1 aliphatic heterocycles. The van der Waals surface area contributed by atoms with Gasteiger partial charge in [0.05, 0.1) is 31.8 Å². The van der Waals surface area contributed by atoms with Crippen LogP contribution in [-0.4, -0.2) is 56.4 Å². The Hall–Kier alpha value is -1.59. The molecule has 1 aliphatic rings. The monoisotopic (exact) mass is 307 g/mol. The standard InChI is InChI=1S/C17H25NO4/c1-17(2)12-18(10-15(22-17)11-20-3)16(19)9-13-5-7-14(21-4)8-6-13/h5-8,15H,9-12H2,1-4H3. The predicted octanol–water partition coefficient (Wildman–Crippen LogP) is 1.89. The predicted molar refractivity (Wildman–Crippen MR) is 84.1 cm³/mol. The molecule has 0 bridgehead atoms. The van der Waals surface area contributed by atoms with Gasteiger partial charge in [0.1, 0.15) is 5.75 Å². The van der Waals surface area contributed by atoms with Crippen molar-refractivity contribution in [1.82, 2.24) is 4.90 Å². The van der Waals surface area contributed by atoms with Gasteiger partial charge >= 0.3 is 0 Å². The molecule has 0 radical (unpaired) electrons. The Balaban J connectivity index is 2.00. The lowest BCUT2D eigenvalue weighted by atomic mass is 10.0. The second kappa shape index (κ2) is 7.11. The molecule has 5 nitrogen and oxygen atoms in total. The van der Waals surface area contributed by atoms with Crippen LogP contribution in [0, 0.1) is 0 Å². The highest BCUT2D eigenvalue weighted by Crippen LogP contribution is 2.22. The molecule has 22 heavy (non-hydrogen) atoms. The third-order valence-electron chi connectivity index (χ3n) is 3.70. The molecule has 1 saturated heterocycles. The zero-order valence-corrected chi connectivity index (χ0v) is 13.8. The van der Waals surface area contributed by atoms with E-state index in [-0.39, 0.29) is 17.6 Å². The zero-order valence-electron chi connectivity index (χ0n) is 13.8. The van der Waals surface area contributed by atoms with Crippen LogP contribution in [0.1, 0.15) is 19.4 Å². The Morgan fingerprint density at radius 2 is 2.00 bits per heavy atom. The van der Waals surface area contributed by atoms with Crippen LogP contribution in [-0.2, 0) is 20.7 Å². The van der Waals surface area contributed by atoms with E-state index in [2.05, 4.69) is 0 Å². The summed E-state index contributed by atoms with van der Waals surface area (Å²) < 4.78 is 16.2. The van der Waals surface area contributed by atoms with Gasteiger partial charge in [0.25, 0.3) is 0 Å². The summed E-state index contributed by atoms with van der Waals surface area (Å²) >= 11 is 0. The van der Waals surface area contributed by atoms with Gasteiger partial charge in [-0.25, -0.2) is 0 Å². The van der Waals surface area contributed by atoms with Crippen molar-refractivity contribution in [3.05, 3.63) is 29.8 Å². The van der Waals surface area contributed by atoms with Crippen molar-refractivity contribution < 1.29 is 19.0 Å². The molecule has 1 unspecified atom stereocenters. The minimum atomic E-state index is -0.350. The van der Waals surface area contributed by atoms with Gasteiger partial charge in [0, 0.05) is 20.2 Å². The van der Waals surface area contributed by atoms with Gasteiger partial charge in [0.2, 0.25) is 5.91 Å². The maximum absolute atomic E-state index is 12.6. The number of carbonyl (C=O) groups excluding carboxylic acids is 1. The van der Waals surface area contributed by atoms with E-state index in [0.29, 0.717) is 26.1 Å². The molecule has 5 heteroatoms. The summed E-state index contributed by atoms with van der Waals surface area (Å²) in [6, 6.07) is 7.60. The molecule has 0 spiro atoms. The Morgan fingerprint density at radius 1 is 1.32 bits per heavy atom. The number of hydrogen-bond acceptors (Lipinski definition) is 4. The summed E-state index contributed by atoms with van der Waals surface area (Å²) in [6.07, 6.45) is 0.313. The molecule has 0 aliphatic carbocycles. The van der Waals surface area contributed by atoms with E-state index < -0.39 is 0 Å². The van der Waals surface area contributed by atoms with Crippen LogP contribution in [0.2, 0.25) is 0 Å². The minimum absolute atomic E-state index is 0.0754. The molecule has 1 aromatic rings. The Labute approximate surface area is 132 Å². The van der Waals surface area contributed by atoms with Gasteiger partial charge in [-0.05, 0) is 31.5 Å². The molecule has 1 heterocycles. The molecule has 1 atom stereocenters. The van der Waals surface area contributed by atoms with Gasteiger partial charge in [-0.1, -0.05) is 12.1 Å². The number of hydrogen-bond donors (Lipinski definition) is 0. The minimum Gasteiger partial charge on any atom is -0.497 e. The molecular formula is C17H25NO4. The first-order chi connectivity index (χ1) is 10.4. The Bertz CT molecular complexity index is 498. The second-order valence-corrected chi connectivity index (χ2v) is 6.25. The van der Waals surface area contributed by atoms with Gasteiger partial charge in [-0.3, -0.25) is 4.79 Å². The van der Waals surface area contributed by atoms with Gasteiger partial charge < -0.3 is 19.1 Å². The summed E-state index contributed by atoms with van der Waals surface area (Å²) in [4.78, 5) is 14.4. The van der Waals surface area contributed by atoms with Crippen LogP contribution in [0.3, 0.4) is 0 Å². The molecular weight excluding hydrogens is 282 g/mol. The number of rotatable bonds is 5. The first kappa shape index (κ1) is 16.8. The Morgan fingerprint density at radius 3 is 2.59 bits per heavy atom. The fourth-order valence-corrected chi connectivity index (χ4v) is 2.79. The molecule has 1 aromatic carbocycles. The summed E-state index contributed by atoms with van der Waals surface area (Å²) in [5.74, 6) is 0.909. The van der Waals surface area contributed by atoms with Crippen LogP contribution >= 0.6 is 0 Å². The zero-order chi connectivity index (χ0) is 16.2. The number of benzene rings is 1. The van der Waals surface area contributed by atoms with Crippen molar-refractivity contribution in [2.75, 3.05) is 33.9 Å². The normalized spacial score (nSPS) is 20.7. The molecule has 122 valence electrons. The Kier molecular flexibility index (Phi) is 5.42. The van der Waals surface area contributed by atoms with E-state index >= 15 is 0 Å². The van der Waals surface area contributed by atoms with Gasteiger partial charge in [-0.15, -0.1) is 0 Å². The fourth-order valence-electron chi connectivity index (χ4n) is 2.79. The van der Waals surface area contributed by atoms with Crippen molar-refractivity contribution in [3.63, 3.8) is 0 Å². The largest absolute Gasteiger partial charge is 0.497 e. The van der Waals surface area contributed by atoms with Crippen LogP contribution in [0.25, 0.3) is 0 Å². The van der Waals surface area contributed by atoms with E-state index in [0.717, 1.165) is 11.3 Å². The third-order valence-corrected chi connectivity index (χ3v) is 3.70. The van der Waals surface area contributed by atoms with Crippen LogP contribution < -0.4 is 4.74 Å². The molecule has 1 amide bonds. The number of morpholine rings is 1.